The second-order valence-corrected chi connectivity index (χ2v) is 7.17. The van der Waals surface area contributed by atoms with E-state index in [1.54, 1.807) is 6.92 Å². The van der Waals surface area contributed by atoms with Gasteiger partial charge in [-0.3, -0.25) is 19.3 Å². The zero-order valence-corrected chi connectivity index (χ0v) is 17.3. The number of nitrogens with one attached hydrogen (secondary N) is 2. The summed E-state index contributed by atoms with van der Waals surface area (Å²) in [7, 11) is 1.52. The Labute approximate surface area is 181 Å². The van der Waals surface area contributed by atoms with Crippen LogP contribution in [-0.4, -0.2) is 42.3 Å². The predicted molar refractivity (Wildman–Crippen MR) is 111 cm³/mol. The van der Waals surface area contributed by atoms with E-state index in [1.807, 2.05) is 0 Å². The van der Waals surface area contributed by atoms with Crippen LogP contribution in [-0.2, 0) is 15.8 Å². The molecule has 2 aromatic rings. The van der Waals surface area contributed by atoms with Gasteiger partial charge in [0.1, 0.15) is 0 Å². The molecule has 11 heteroatoms. The number of carbonyl (C=O) groups excluding carboxylic acids is 3. The van der Waals surface area contributed by atoms with E-state index in [0.717, 1.165) is 12.1 Å². The summed E-state index contributed by atoms with van der Waals surface area (Å²) >= 11 is 5.56. The quantitative estimate of drug-likeness (QED) is 0.594. The summed E-state index contributed by atoms with van der Waals surface area (Å²) in [6, 6.07) is 8.24. The topological polar surface area (TPSA) is 105 Å². The minimum Gasteiger partial charge on any atom is -0.366 e. The third-order valence-electron chi connectivity index (χ3n) is 4.43. The molecular formula is C20H20ClF3N4O3. The number of primary amides is 1. The van der Waals surface area contributed by atoms with Gasteiger partial charge in [-0.05, 0) is 56.4 Å². The number of likely N-dealkylation sites (N-methyl/N-ethyl adjacent to an activating group) is 1. The average molecular weight is 457 g/mol. The number of alkyl halides is 3. The molecule has 0 saturated carbocycles. The number of benzene rings is 2. The number of carbonyl (C=O) groups is 3. The summed E-state index contributed by atoms with van der Waals surface area (Å²) < 4.78 is 38.8. The van der Waals surface area contributed by atoms with Crippen molar-refractivity contribution in [3.8, 4) is 0 Å². The Bertz CT molecular complexity index is 981. The van der Waals surface area contributed by atoms with E-state index in [4.69, 9.17) is 17.3 Å². The first kappa shape index (κ1) is 24.2. The van der Waals surface area contributed by atoms with Crippen LogP contribution in [0.4, 0.5) is 24.5 Å². The van der Waals surface area contributed by atoms with Crippen LogP contribution in [0.3, 0.4) is 0 Å². The Morgan fingerprint density at radius 3 is 2.19 bits per heavy atom. The van der Waals surface area contributed by atoms with Crippen molar-refractivity contribution >= 4 is 40.7 Å². The lowest BCUT2D eigenvalue weighted by Gasteiger charge is -2.23. The van der Waals surface area contributed by atoms with Gasteiger partial charge in [-0.15, -0.1) is 0 Å². The largest absolute Gasteiger partial charge is 0.417 e. The van der Waals surface area contributed by atoms with Crippen molar-refractivity contribution in [1.29, 1.82) is 0 Å². The summed E-state index contributed by atoms with van der Waals surface area (Å²) in [5, 5.41) is 4.52. The molecular weight excluding hydrogens is 437 g/mol. The summed E-state index contributed by atoms with van der Waals surface area (Å²) in [6.07, 6.45) is -4.66. The van der Waals surface area contributed by atoms with Gasteiger partial charge in [0.05, 0.1) is 23.2 Å². The maximum absolute atomic E-state index is 12.9. The molecule has 2 aromatic carbocycles. The summed E-state index contributed by atoms with van der Waals surface area (Å²) in [4.78, 5) is 37.1. The van der Waals surface area contributed by atoms with Gasteiger partial charge >= 0.3 is 6.18 Å². The third-order valence-corrected chi connectivity index (χ3v) is 4.76. The highest BCUT2D eigenvalue weighted by molar-refractivity contribution is 6.31. The molecule has 0 fully saturated rings. The number of hydrogen-bond acceptors (Lipinski definition) is 4. The van der Waals surface area contributed by atoms with Crippen LogP contribution in [0.15, 0.2) is 42.5 Å². The Morgan fingerprint density at radius 1 is 1.06 bits per heavy atom. The Hall–Kier alpha value is -3.11. The normalized spacial score (nSPS) is 12.4. The fraction of sp³-hybridized carbons (Fsp3) is 0.250. The van der Waals surface area contributed by atoms with Crippen molar-refractivity contribution in [2.45, 2.75) is 19.1 Å². The van der Waals surface area contributed by atoms with Crippen LogP contribution >= 0.6 is 11.6 Å². The zero-order chi connectivity index (χ0) is 23.3. The smallest absolute Gasteiger partial charge is 0.366 e. The Balaban J connectivity index is 1.95. The van der Waals surface area contributed by atoms with Crippen molar-refractivity contribution in [3.63, 3.8) is 0 Å². The molecule has 31 heavy (non-hydrogen) atoms. The van der Waals surface area contributed by atoms with Gasteiger partial charge in [-0.2, -0.15) is 13.2 Å². The molecule has 0 saturated heterocycles. The minimum atomic E-state index is -4.66. The molecule has 0 aromatic heterocycles. The molecule has 0 aliphatic rings. The molecule has 4 N–H and O–H groups in total. The van der Waals surface area contributed by atoms with Crippen LogP contribution < -0.4 is 16.4 Å². The molecule has 2 rings (SSSR count). The van der Waals surface area contributed by atoms with Gasteiger partial charge in [-0.25, -0.2) is 0 Å². The highest BCUT2D eigenvalue weighted by atomic mass is 35.5. The van der Waals surface area contributed by atoms with E-state index in [1.165, 1.54) is 42.3 Å². The van der Waals surface area contributed by atoms with Crippen LogP contribution in [0.25, 0.3) is 0 Å². The first-order valence-corrected chi connectivity index (χ1v) is 9.34. The second-order valence-electron chi connectivity index (χ2n) is 6.76. The van der Waals surface area contributed by atoms with Crippen molar-refractivity contribution < 1.29 is 27.6 Å². The van der Waals surface area contributed by atoms with Crippen molar-refractivity contribution in [1.82, 2.24) is 4.90 Å². The first-order valence-electron chi connectivity index (χ1n) is 8.96. The molecule has 0 aliphatic heterocycles. The van der Waals surface area contributed by atoms with Crippen molar-refractivity contribution in [3.05, 3.63) is 58.6 Å². The van der Waals surface area contributed by atoms with E-state index in [9.17, 15) is 27.6 Å². The lowest BCUT2D eigenvalue weighted by Crippen LogP contribution is -2.43. The van der Waals surface area contributed by atoms with E-state index >= 15 is 0 Å². The van der Waals surface area contributed by atoms with E-state index in [-0.39, 0.29) is 17.8 Å². The molecule has 0 spiro atoms. The minimum absolute atomic E-state index is 0.0678. The van der Waals surface area contributed by atoms with Crippen LogP contribution in [0.1, 0.15) is 22.8 Å². The van der Waals surface area contributed by atoms with Crippen LogP contribution in [0.5, 0.6) is 0 Å². The van der Waals surface area contributed by atoms with Gasteiger partial charge in [0.2, 0.25) is 17.7 Å². The van der Waals surface area contributed by atoms with Crippen molar-refractivity contribution in [2.24, 2.45) is 5.73 Å². The fourth-order valence-electron chi connectivity index (χ4n) is 2.55. The molecule has 0 aliphatic carbocycles. The number of halogens is 4. The highest BCUT2D eigenvalue weighted by Gasteiger charge is 2.33. The SMILES string of the molecule is CC(C(=O)Nc1ccc(C(N)=O)cc1)N(C)CC(=O)Nc1ccc(Cl)c(C(F)(F)F)c1. The lowest BCUT2D eigenvalue weighted by atomic mass is 10.2. The number of nitrogens with two attached hydrogens (primary N) is 1. The maximum Gasteiger partial charge on any atom is 0.417 e. The summed E-state index contributed by atoms with van der Waals surface area (Å²) in [6.45, 7) is 1.31. The number of anilines is 2. The average Bonchev–Trinajstić information content (AvgIpc) is 2.68. The monoisotopic (exact) mass is 456 g/mol. The number of hydrogen-bond donors (Lipinski definition) is 3. The summed E-state index contributed by atoms with van der Waals surface area (Å²) in [5.74, 6) is -1.63. The van der Waals surface area contributed by atoms with Gasteiger partial charge in [0.15, 0.2) is 0 Å². The number of nitrogens with zero attached hydrogens (tertiary/aromatic N) is 1. The number of rotatable bonds is 7. The maximum atomic E-state index is 12.9. The highest BCUT2D eigenvalue weighted by Crippen LogP contribution is 2.36. The van der Waals surface area contributed by atoms with Gasteiger partial charge < -0.3 is 16.4 Å². The summed E-state index contributed by atoms with van der Waals surface area (Å²) in [5.41, 5.74) is 4.75. The molecule has 1 atom stereocenters. The molecule has 0 radical (unpaired) electrons. The molecule has 166 valence electrons. The zero-order valence-electron chi connectivity index (χ0n) is 16.6. The number of amides is 3. The molecule has 0 bridgehead atoms. The fourth-order valence-corrected chi connectivity index (χ4v) is 2.77. The predicted octanol–water partition coefficient (Wildman–Crippen LogP) is 3.36. The molecule has 7 nitrogen and oxygen atoms in total. The lowest BCUT2D eigenvalue weighted by molar-refractivity contribution is -0.137. The third kappa shape index (κ3) is 6.69. The molecule has 3 amide bonds. The van der Waals surface area contributed by atoms with Crippen molar-refractivity contribution in [2.75, 3.05) is 24.2 Å². The van der Waals surface area contributed by atoms with Crippen LogP contribution in [0.2, 0.25) is 5.02 Å². The second kappa shape index (κ2) is 9.80. The van der Waals surface area contributed by atoms with Gasteiger partial charge in [-0.1, -0.05) is 11.6 Å². The van der Waals surface area contributed by atoms with Gasteiger partial charge in [0, 0.05) is 16.9 Å². The first-order chi connectivity index (χ1) is 14.4. The molecule has 1 unspecified atom stereocenters. The van der Waals surface area contributed by atoms with Gasteiger partial charge in [0.25, 0.3) is 0 Å². The van der Waals surface area contributed by atoms with Crippen LogP contribution in [0, 0.1) is 0 Å². The van der Waals surface area contributed by atoms with E-state index < -0.39 is 40.5 Å². The Kier molecular flexibility index (Phi) is 7.64. The standard InChI is InChI=1S/C20H20ClF3N4O3/c1-11(19(31)27-13-5-3-12(4-6-13)18(25)30)28(2)10-17(29)26-14-7-8-16(21)15(9-14)20(22,23)24/h3-9,11H,10H2,1-2H3,(H2,25,30)(H,26,29)(H,27,31). The van der Waals surface area contributed by atoms with E-state index in [2.05, 4.69) is 10.6 Å². The van der Waals surface area contributed by atoms with E-state index in [0.29, 0.717) is 5.69 Å². The molecule has 0 heterocycles. The Morgan fingerprint density at radius 2 is 1.65 bits per heavy atom.